The molecule has 4 rings (SSSR count). The van der Waals surface area contributed by atoms with E-state index in [1.54, 1.807) is 0 Å². The molecule has 2 aromatic carbocycles. The van der Waals surface area contributed by atoms with Gasteiger partial charge in [0.2, 0.25) is 0 Å². The van der Waals surface area contributed by atoms with E-state index in [1.807, 2.05) is 0 Å². The molecule has 0 radical (unpaired) electrons. The van der Waals surface area contributed by atoms with Gasteiger partial charge < -0.3 is 0 Å². The fourth-order valence-electron chi connectivity index (χ4n) is 5.63. The Balaban J connectivity index is 2.39. The first-order valence-electron chi connectivity index (χ1n) is 11.7. The molecule has 0 bridgehead atoms. The van der Waals surface area contributed by atoms with Crippen LogP contribution in [0.4, 0.5) is 87.8 Å². The zero-order chi connectivity index (χ0) is 36.5. The van der Waals surface area contributed by atoms with Crippen LogP contribution in [0, 0.1) is 0 Å². The van der Waals surface area contributed by atoms with Crippen molar-refractivity contribution in [1.29, 1.82) is 0 Å². The third kappa shape index (κ3) is 4.05. The van der Waals surface area contributed by atoms with Gasteiger partial charge in [0.1, 0.15) is 0 Å². The van der Waals surface area contributed by atoms with E-state index < -0.39 is 106 Å². The zero-order valence-corrected chi connectivity index (χ0v) is 24.0. The number of rotatable bonds is 5. The van der Waals surface area contributed by atoms with Gasteiger partial charge in [-0.25, -0.2) is 0 Å². The average Bonchev–Trinajstić information content (AvgIpc) is 3.36. The molecule has 0 saturated heterocycles. The summed E-state index contributed by atoms with van der Waals surface area (Å²) in [6, 6.07) is 0.0894. The van der Waals surface area contributed by atoms with Gasteiger partial charge >= 0.3 is 255 Å². The number of fused-ring (bicyclic) bond motifs is 4. The molecule has 0 aromatic heterocycles. The van der Waals surface area contributed by atoms with Crippen LogP contribution in [0.1, 0.15) is 11.1 Å². The van der Waals surface area contributed by atoms with Crippen molar-refractivity contribution in [1.82, 2.24) is 0 Å². The SMILES string of the molecule is FC(F)(F)C(F)(F)C1(C(F)(F)C(F)(F)F)OP2(CBr)(OC(C(F)(F)C(F)(F)F)(C(F)(F)C(F)(F)F)c3ccccc32)c2ccccc21. The van der Waals surface area contributed by atoms with Gasteiger partial charge in [-0.05, 0) is 0 Å². The second-order valence-electron chi connectivity index (χ2n) is 10.1. The Kier molecular flexibility index (Phi) is 7.83. The topological polar surface area (TPSA) is 18.5 Å². The van der Waals surface area contributed by atoms with Gasteiger partial charge in [-0.3, -0.25) is 0 Å². The summed E-state index contributed by atoms with van der Waals surface area (Å²) in [4.78, 5) is 0. The van der Waals surface area contributed by atoms with Crippen LogP contribution >= 0.6 is 23.0 Å². The van der Waals surface area contributed by atoms with Crippen LogP contribution in [-0.2, 0) is 20.2 Å². The van der Waals surface area contributed by atoms with E-state index >= 15 is 35.1 Å². The molecule has 0 atom stereocenters. The quantitative estimate of drug-likeness (QED) is 0.170. The maximum atomic E-state index is 15.4. The summed E-state index contributed by atoms with van der Waals surface area (Å²) in [7, 11) is -7.91. The van der Waals surface area contributed by atoms with Crippen molar-refractivity contribution in [3.63, 3.8) is 0 Å². The first-order valence-corrected chi connectivity index (χ1v) is 15.1. The van der Waals surface area contributed by atoms with Crippen LogP contribution in [0.2, 0.25) is 0 Å². The number of hydrogen-bond donors (Lipinski definition) is 0. The Morgan fingerprint density at radius 2 is 0.681 bits per heavy atom. The maximum absolute atomic E-state index is 15.4. The number of hydrogen-bond acceptors (Lipinski definition) is 2. The van der Waals surface area contributed by atoms with Crippen molar-refractivity contribution in [3.05, 3.63) is 59.7 Å². The molecule has 0 unspecified atom stereocenters. The van der Waals surface area contributed by atoms with Crippen LogP contribution in [-0.4, -0.2) is 53.5 Å². The fraction of sp³-hybridized carbons (Fsp3) is 0.478. The summed E-state index contributed by atoms with van der Waals surface area (Å²) in [6.07, 6.45) is -30.3. The zero-order valence-electron chi connectivity index (χ0n) is 21.5. The average molecular weight is 809 g/mol. The van der Waals surface area contributed by atoms with Crippen molar-refractivity contribution < 1.29 is 96.9 Å². The van der Waals surface area contributed by atoms with Gasteiger partial charge in [0, 0.05) is 0 Å². The molecule has 266 valence electrons. The third-order valence-electron chi connectivity index (χ3n) is 7.61. The Bertz CT molecular complexity index is 1410. The fourth-order valence-corrected chi connectivity index (χ4v) is 12.9. The molecule has 2 aromatic rings. The number of alkyl halides is 21. The summed E-state index contributed by atoms with van der Waals surface area (Å²) in [5.41, 5.74) is -18.7. The van der Waals surface area contributed by atoms with Crippen LogP contribution in [0.5, 0.6) is 0 Å². The Morgan fingerprint density at radius 3 is 0.894 bits per heavy atom. The summed E-state index contributed by atoms with van der Waals surface area (Å²) in [5.74, 6) is -30.4. The van der Waals surface area contributed by atoms with Gasteiger partial charge in [0.05, 0.1) is 0 Å². The van der Waals surface area contributed by atoms with E-state index in [2.05, 4.69) is 25.0 Å². The molecule has 2 heterocycles. The minimum absolute atomic E-state index is 0.0839. The molecule has 47 heavy (non-hydrogen) atoms. The van der Waals surface area contributed by atoms with E-state index in [9.17, 15) is 52.7 Å². The minimum atomic E-state index is -7.91. The van der Waals surface area contributed by atoms with Gasteiger partial charge in [-0.1, -0.05) is 0 Å². The monoisotopic (exact) mass is 808 g/mol. The molecule has 2 aliphatic heterocycles. The van der Waals surface area contributed by atoms with E-state index in [1.165, 1.54) is 0 Å². The Morgan fingerprint density at radius 1 is 0.447 bits per heavy atom. The van der Waals surface area contributed by atoms with E-state index in [0.29, 0.717) is 12.1 Å². The van der Waals surface area contributed by atoms with Crippen molar-refractivity contribution in [2.24, 2.45) is 0 Å². The van der Waals surface area contributed by atoms with Crippen LogP contribution in [0.3, 0.4) is 0 Å². The summed E-state index contributed by atoms with van der Waals surface area (Å²) in [5, 5.41) is -6.41. The third-order valence-corrected chi connectivity index (χ3v) is 14.8. The predicted molar refractivity (Wildman–Crippen MR) is 122 cm³/mol. The van der Waals surface area contributed by atoms with Crippen LogP contribution in [0.25, 0.3) is 0 Å². The molecule has 2 nitrogen and oxygen atoms in total. The van der Waals surface area contributed by atoms with Crippen molar-refractivity contribution >= 4 is 33.6 Å². The van der Waals surface area contributed by atoms with Gasteiger partial charge in [-0.2, -0.15) is 0 Å². The molecule has 0 N–H and O–H groups in total. The summed E-state index contributed by atoms with van der Waals surface area (Å²) < 4.78 is 299. The van der Waals surface area contributed by atoms with Crippen molar-refractivity contribution in [3.8, 4) is 0 Å². The van der Waals surface area contributed by atoms with Crippen LogP contribution < -0.4 is 10.6 Å². The second-order valence-corrected chi connectivity index (χ2v) is 15.4. The molecule has 2 aliphatic rings. The van der Waals surface area contributed by atoms with Gasteiger partial charge in [0.15, 0.2) is 0 Å². The number of benzene rings is 2. The van der Waals surface area contributed by atoms with E-state index in [0.717, 1.165) is 0 Å². The first-order chi connectivity index (χ1) is 20.8. The predicted octanol–water partition coefficient (Wildman–Crippen LogP) is 9.61. The Hall–Kier alpha value is -2.13. The normalized spacial score (nSPS) is 22.0. The molecule has 24 heteroatoms. The van der Waals surface area contributed by atoms with Gasteiger partial charge in [-0.15, -0.1) is 0 Å². The first kappa shape index (κ1) is 37.7. The summed E-state index contributed by atoms with van der Waals surface area (Å²) in [6.45, 7) is 0. The second kappa shape index (κ2) is 9.76. The molecule has 0 fully saturated rings. The van der Waals surface area contributed by atoms with Gasteiger partial charge in [0.25, 0.3) is 0 Å². The van der Waals surface area contributed by atoms with Crippen molar-refractivity contribution in [2.45, 2.75) is 59.6 Å². The molecule has 1 spiro atoms. The Labute approximate surface area is 255 Å². The molecular formula is C23H10BrF20O2P. The van der Waals surface area contributed by atoms with E-state index in [4.69, 9.17) is 0 Å². The number of halogens is 21. The van der Waals surface area contributed by atoms with E-state index in [-0.39, 0.29) is 24.3 Å². The van der Waals surface area contributed by atoms with Crippen LogP contribution in [0.15, 0.2) is 48.5 Å². The molecule has 0 saturated carbocycles. The standard InChI is InChI=1S/C23H10BrF20O2P/c24-9-47(12-7-3-1-5-10(12)14(45-47,16(25,26)20(33,34)35)17(27,28)21(36,37)38)13-8-4-2-6-11(13)15(46-47,18(29,30)22(39,40)41)19(31,32)23(42,43)44/h1-8H,9H2. The summed E-state index contributed by atoms with van der Waals surface area (Å²) >= 11 is 2.17. The molecule has 0 amide bonds. The molecular weight excluding hydrogens is 799 g/mol. The van der Waals surface area contributed by atoms with Crippen molar-refractivity contribution in [2.75, 3.05) is 5.07 Å². The molecule has 0 aliphatic carbocycles.